The van der Waals surface area contributed by atoms with Crippen LogP contribution in [0, 0.1) is 0 Å². The summed E-state index contributed by atoms with van der Waals surface area (Å²) in [5.41, 5.74) is 0.820. The molecule has 0 saturated carbocycles. The molecule has 0 bridgehead atoms. The number of nitrogens with zero attached hydrogens (tertiary/aromatic N) is 1. The average molecular weight is 346 g/mol. The minimum Gasteiger partial charge on any atom is -0.481 e. The highest BCUT2D eigenvalue weighted by atomic mass is 16.4. The van der Waals surface area contributed by atoms with Crippen molar-refractivity contribution in [3.63, 3.8) is 0 Å². The maximum atomic E-state index is 12.7. The number of hydrogen-bond donors (Lipinski definition) is 2. The Morgan fingerprint density at radius 3 is 2.56 bits per heavy atom. The molecule has 1 saturated heterocycles. The van der Waals surface area contributed by atoms with Crippen LogP contribution in [0.4, 0.5) is 0 Å². The molecule has 0 radical (unpaired) electrons. The summed E-state index contributed by atoms with van der Waals surface area (Å²) in [5.74, 6) is -0.937. The number of rotatable bonds is 9. The predicted octanol–water partition coefficient (Wildman–Crippen LogP) is 2.50. The molecule has 136 valence electrons. The van der Waals surface area contributed by atoms with Crippen molar-refractivity contribution >= 4 is 17.8 Å². The Labute approximate surface area is 148 Å². The van der Waals surface area contributed by atoms with Crippen molar-refractivity contribution in [1.82, 2.24) is 10.2 Å². The van der Waals surface area contributed by atoms with Crippen LogP contribution in [0.3, 0.4) is 0 Å². The smallest absolute Gasteiger partial charge is 0.303 e. The average Bonchev–Trinajstić information content (AvgIpc) is 2.60. The van der Waals surface area contributed by atoms with E-state index in [1.165, 1.54) is 0 Å². The van der Waals surface area contributed by atoms with Gasteiger partial charge in [-0.3, -0.25) is 14.4 Å². The molecule has 2 N–H and O–H groups in total. The Bertz CT molecular complexity index is 588. The molecule has 2 rings (SSSR count). The van der Waals surface area contributed by atoms with Gasteiger partial charge in [0.15, 0.2) is 0 Å². The lowest BCUT2D eigenvalue weighted by molar-refractivity contribution is -0.142. The Hall–Kier alpha value is -2.37. The van der Waals surface area contributed by atoms with E-state index >= 15 is 0 Å². The normalized spacial score (nSPS) is 15.7. The summed E-state index contributed by atoms with van der Waals surface area (Å²) in [4.78, 5) is 37.2. The fraction of sp³-hybridized carbons (Fsp3) is 0.526. The first-order valence-corrected chi connectivity index (χ1v) is 8.93. The van der Waals surface area contributed by atoms with Gasteiger partial charge in [-0.25, -0.2) is 0 Å². The van der Waals surface area contributed by atoms with Crippen molar-refractivity contribution in [2.24, 2.45) is 0 Å². The van der Waals surface area contributed by atoms with Crippen molar-refractivity contribution < 1.29 is 19.5 Å². The molecule has 2 amide bonds. The first-order chi connectivity index (χ1) is 12.1. The Kier molecular flexibility index (Phi) is 7.44. The number of benzene rings is 1. The quantitative estimate of drug-likeness (QED) is 0.673. The first kappa shape index (κ1) is 19.0. The van der Waals surface area contributed by atoms with E-state index < -0.39 is 12.0 Å². The fourth-order valence-corrected chi connectivity index (χ4v) is 3.09. The zero-order valence-electron chi connectivity index (χ0n) is 14.4. The zero-order valence-corrected chi connectivity index (χ0v) is 14.4. The van der Waals surface area contributed by atoms with Crippen molar-refractivity contribution in [1.29, 1.82) is 0 Å². The molecule has 6 heteroatoms. The molecule has 1 unspecified atom stereocenters. The number of aliphatic carboxylic acids is 1. The van der Waals surface area contributed by atoms with Crippen LogP contribution in [-0.2, 0) is 14.4 Å². The van der Waals surface area contributed by atoms with E-state index in [-0.39, 0.29) is 18.2 Å². The number of hydrogen-bond acceptors (Lipinski definition) is 3. The molecule has 0 aromatic heterocycles. The summed E-state index contributed by atoms with van der Waals surface area (Å²) >= 11 is 0. The molecule has 1 atom stereocenters. The molecule has 0 aliphatic carbocycles. The maximum Gasteiger partial charge on any atom is 0.303 e. The second kappa shape index (κ2) is 9.81. The van der Waals surface area contributed by atoms with Crippen LogP contribution in [0.15, 0.2) is 30.3 Å². The van der Waals surface area contributed by atoms with Crippen LogP contribution in [0.2, 0.25) is 0 Å². The molecule has 1 aromatic carbocycles. The van der Waals surface area contributed by atoms with E-state index in [2.05, 4.69) is 5.32 Å². The molecular weight excluding hydrogens is 320 g/mol. The van der Waals surface area contributed by atoms with Crippen molar-refractivity contribution in [3.8, 4) is 0 Å². The van der Waals surface area contributed by atoms with Gasteiger partial charge in [0.25, 0.3) is 0 Å². The van der Waals surface area contributed by atoms with Crippen LogP contribution >= 0.6 is 0 Å². The van der Waals surface area contributed by atoms with Crippen LogP contribution in [0.1, 0.15) is 56.6 Å². The lowest BCUT2D eigenvalue weighted by Crippen LogP contribution is -2.45. The minimum absolute atomic E-state index is 0.0247. The Balaban J connectivity index is 1.94. The third-order valence-corrected chi connectivity index (χ3v) is 4.40. The van der Waals surface area contributed by atoms with Gasteiger partial charge in [-0.2, -0.15) is 0 Å². The van der Waals surface area contributed by atoms with Crippen molar-refractivity contribution in [2.45, 2.75) is 51.0 Å². The summed E-state index contributed by atoms with van der Waals surface area (Å²) in [7, 11) is 0. The number of nitrogens with one attached hydrogen (secondary N) is 1. The number of carbonyl (C=O) groups is 3. The highest BCUT2D eigenvalue weighted by Crippen LogP contribution is 2.25. The molecule has 1 heterocycles. The number of likely N-dealkylation sites (tertiary alicyclic amines) is 1. The van der Waals surface area contributed by atoms with E-state index in [1.807, 2.05) is 30.3 Å². The second-order valence-electron chi connectivity index (χ2n) is 6.35. The molecule has 1 aromatic rings. The van der Waals surface area contributed by atoms with Crippen molar-refractivity contribution in [2.75, 3.05) is 13.1 Å². The highest BCUT2D eigenvalue weighted by molar-refractivity contribution is 5.89. The first-order valence-electron chi connectivity index (χ1n) is 8.93. The molecular formula is C19H26N2O4. The summed E-state index contributed by atoms with van der Waals surface area (Å²) in [6.07, 6.45) is 4.53. The van der Waals surface area contributed by atoms with Gasteiger partial charge < -0.3 is 15.3 Å². The van der Waals surface area contributed by atoms with Crippen LogP contribution in [-0.4, -0.2) is 40.9 Å². The second-order valence-corrected chi connectivity index (χ2v) is 6.35. The summed E-state index contributed by atoms with van der Waals surface area (Å²) in [6.45, 7) is 1.09. The zero-order chi connectivity index (χ0) is 18.1. The van der Waals surface area contributed by atoms with Gasteiger partial charge in [-0.1, -0.05) is 36.8 Å². The van der Waals surface area contributed by atoms with E-state index in [4.69, 9.17) is 5.11 Å². The summed E-state index contributed by atoms with van der Waals surface area (Å²) in [6, 6.07) is 8.79. The van der Waals surface area contributed by atoms with Gasteiger partial charge in [-0.15, -0.1) is 0 Å². The molecule has 1 aliphatic rings. The number of carboxylic acid groups (broad SMARTS) is 1. The van der Waals surface area contributed by atoms with Gasteiger partial charge in [0.2, 0.25) is 11.8 Å². The van der Waals surface area contributed by atoms with Gasteiger partial charge in [-0.05, 0) is 31.2 Å². The standard InChI is InChI=1S/C19H26N2O4/c22-16-11-6-8-14-21(16)18(15-9-3-1-4-10-15)19(25)20-13-7-2-5-12-17(23)24/h1,3-4,9-10,18H,2,5-8,11-14H2,(H,20,25)(H,23,24). The van der Waals surface area contributed by atoms with E-state index in [9.17, 15) is 14.4 Å². The molecule has 1 aliphatic heterocycles. The monoisotopic (exact) mass is 346 g/mol. The van der Waals surface area contributed by atoms with Crippen LogP contribution in [0.25, 0.3) is 0 Å². The predicted molar refractivity (Wildman–Crippen MR) is 93.9 cm³/mol. The van der Waals surface area contributed by atoms with Gasteiger partial charge >= 0.3 is 5.97 Å². The number of carbonyl (C=O) groups excluding carboxylic acids is 2. The van der Waals surface area contributed by atoms with Gasteiger partial charge in [0.1, 0.15) is 6.04 Å². The topological polar surface area (TPSA) is 86.7 Å². The number of amides is 2. The maximum absolute atomic E-state index is 12.7. The molecule has 0 spiro atoms. The fourth-order valence-electron chi connectivity index (χ4n) is 3.09. The van der Waals surface area contributed by atoms with Crippen LogP contribution < -0.4 is 5.32 Å². The lowest BCUT2D eigenvalue weighted by Gasteiger charge is -2.34. The molecule has 1 fully saturated rings. The molecule has 25 heavy (non-hydrogen) atoms. The highest BCUT2D eigenvalue weighted by Gasteiger charge is 2.32. The molecule has 6 nitrogen and oxygen atoms in total. The summed E-state index contributed by atoms with van der Waals surface area (Å²) < 4.78 is 0. The van der Waals surface area contributed by atoms with Gasteiger partial charge in [0, 0.05) is 25.9 Å². The lowest BCUT2D eigenvalue weighted by atomic mass is 10.0. The number of unbranched alkanes of at least 4 members (excludes halogenated alkanes) is 2. The Morgan fingerprint density at radius 1 is 1.12 bits per heavy atom. The van der Waals surface area contributed by atoms with Crippen molar-refractivity contribution in [3.05, 3.63) is 35.9 Å². The third-order valence-electron chi connectivity index (χ3n) is 4.40. The largest absolute Gasteiger partial charge is 0.481 e. The SMILES string of the molecule is O=C(O)CCCCCNC(=O)C(c1ccccc1)N1CCCCC1=O. The number of piperidine rings is 1. The van der Waals surface area contributed by atoms with E-state index in [1.54, 1.807) is 4.90 Å². The van der Waals surface area contributed by atoms with Gasteiger partial charge in [0.05, 0.1) is 0 Å². The van der Waals surface area contributed by atoms with Crippen LogP contribution in [0.5, 0.6) is 0 Å². The number of carboxylic acids is 1. The summed E-state index contributed by atoms with van der Waals surface area (Å²) in [5, 5.41) is 11.5. The minimum atomic E-state index is -0.795. The Morgan fingerprint density at radius 2 is 1.88 bits per heavy atom. The van der Waals surface area contributed by atoms with E-state index in [0.717, 1.165) is 31.2 Å². The third kappa shape index (κ3) is 5.89. The van der Waals surface area contributed by atoms with E-state index in [0.29, 0.717) is 25.9 Å².